The largest absolute Gasteiger partial charge is 0.395 e. The second kappa shape index (κ2) is 4.98. The highest BCUT2D eigenvalue weighted by Crippen LogP contribution is 2.21. The average molecular weight is 219 g/mol. The van der Waals surface area contributed by atoms with Crippen molar-refractivity contribution in [1.82, 2.24) is 4.90 Å². The highest BCUT2D eigenvalue weighted by Gasteiger charge is 2.23. The number of benzene rings is 1. The molecule has 1 aliphatic rings. The van der Waals surface area contributed by atoms with Crippen LogP contribution in [0.4, 0.5) is 0 Å². The van der Waals surface area contributed by atoms with E-state index in [4.69, 9.17) is 0 Å². The highest BCUT2D eigenvalue weighted by molar-refractivity contribution is 5.30. The number of nitrogens with zero attached hydrogens (tertiary/aromatic N) is 1. The van der Waals surface area contributed by atoms with Crippen molar-refractivity contribution in [3.63, 3.8) is 0 Å². The Balaban J connectivity index is 2.08. The molecule has 16 heavy (non-hydrogen) atoms. The van der Waals surface area contributed by atoms with Gasteiger partial charge in [0.25, 0.3) is 0 Å². The summed E-state index contributed by atoms with van der Waals surface area (Å²) in [6, 6.07) is 7.00. The molecule has 0 bridgehead atoms. The van der Waals surface area contributed by atoms with E-state index < -0.39 is 0 Å². The molecule has 0 saturated carbocycles. The van der Waals surface area contributed by atoms with Crippen molar-refractivity contribution in [3.05, 3.63) is 34.9 Å². The summed E-state index contributed by atoms with van der Waals surface area (Å²) in [7, 11) is 0. The number of aliphatic hydroxyl groups is 1. The van der Waals surface area contributed by atoms with Gasteiger partial charge in [-0.1, -0.05) is 23.8 Å². The smallest absolute Gasteiger partial charge is 0.0587 e. The van der Waals surface area contributed by atoms with Crippen LogP contribution in [-0.4, -0.2) is 29.2 Å². The van der Waals surface area contributed by atoms with E-state index in [0.29, 0.717) is 12.6 Å². The van der Waals surface area contributed by atoms with E-state index in [9.17, 15) is 5.11 Å². The molecule has 0 aliphatic carbocycles. The van der Waals surface area contributed by atoms with Gasteiger partial charge in [-0.2, -0.15) is 0 Å². The van der Waals surface area contributed by atoms with Gasteiger partial charge in [0, 0.05) is 12.6 Å². The minimum absolute atomic E-state index is 0.297. The third kappa shape index (κ3) is 2.45. The summed E-state index contributed by atoms with van der Waals surface area (Å²) in [4.78, 5) is 2.40. The van der Waals surface area contributed by atoms with E-state index in [-0.39, 0.29) is 0 Å². The lowest BCUT2D eigenvalue weighted by molar-refractivity contribution is 0.153. The number of hydrogen-bond donors (Lipinski definition) is 1. The molecule has 0 radical (unpaired) electrons. The summed E-state index contributed by atoms with van der Waals surface area (Å²) in [5, 5.41) is 9.29. The molecular weight excluding hydrogens is 198 g/mol. The van der Waals surface area contributed by atoms with Gasteiger partial charge in [-0.05, 0) is 44.4 Å². The number of aryl methyl sites for hydroxylation is 2. The fourth-order valence-corrected chi connectivity index (χ4v) is 2.55. The molecule has 1 saturated heterocycles. The zero-order chi connectivity index (χ0) is 11.5. The third-order valence-electron chi connectivity index (χ3n) is 3.58. The van der Waals surface area contributed by atoms with Crippen LogP contribution < -0.4 is 0 Å². The first-order chi connectivity index (χ1) is 7.70. The molecule has 0 amide bonds. The molecule has 1 N–H and O–H groups in total. The van der Waals surface area contributed by atoms with Crippen molar-refractivity contribution in [1.29, 1.82) is 0 Å². The van der Waals surface area contributed by atoms with Crippen LogP contribution in [0.1, 0.15) is 29.5 Å². The summed E-state index contributed by atoms with van der Waals surface area (Å²) in [5.74, 6) is 0. The van der Waals surface area contributed by atoms with Crippen molar-refractivity contribution >= 4 is 0 Å². The Bertz CT molecular complexity index is 362. The molecule has 1 atom stereocenters. The summed E-state index contributed by atoms with van der Waals surface area (Å²) < 4.78 is 0. The fraction of sp³-hybridized carbons (Fsp3) is 0.571. The molecular formula is C14H21NO. The number of aliphatic hydroxyl groups excluding tert-OH is 1. The van der Waals surface area contributed by atoms with Crippen molar-refractivity contribution in [2.45, 2.75) is 39.3 Å². The lowest BCUT2D eigenvalue weighted by Crippen LogP contribution is -2.31. The van der Waals surface area contributed by atoms with Crippen molar-refractivity contribution in [2.24, 2.45) is 0 Å². The molecule has 88 valence electrons. The van der Waals surface area contributed by atoms with E-state index in [1.807, 2.05) is 0 Å². The molecule has 1 aromatic rings. The summed E-state index contributed by atoms with van der Waals surface area (Å²) in [6.07, 6.45) is 2.36. The van der Waals surface area contributed by atoms with Gasteiger partial charge in [0.2, 0.25) is 0 Å². The monoisotopic (exact) mass is 219 g/mol. The number of likely N-dealkylation sites (tertiary alicyclic amines) is 1. The van der Waals surface area contributed by atoms with Crippen LogP contribution in [0.2, 0.25) is 0 Å². The standard InChI is InChI=1S/C14H21NO/c1-11-5-6-13(12(2)8-11)9-15-7-3-4-14(15)10-16/h5-6,8,14,16H,3-4,7,9-10H2,1-2H3/t14-/m1/s1. The molecule has 1 aromatic carbocycles. The Hall–Kier alpha value is -0.860. The molecule has 1 fully saturated rings. The van der Waals surface area contributed by atoms with Crippen LogP contribution in [0.5, 0.6) is 0 Å². The Morgan fingerprint density at radius 3 is 2.88 bits per heavy atom. The van der Waals surface area contributed by atoms with Crippen LogP contribution in [0.15, 0.2) is 18.2 Å². The number of hydrogen-bond acceptors (Lipinski definition) is 2. The maximum absolute atomic E-state index is 9.29. The van der Waals surface area contributed by atoms with E-state index in [1.54, 1.807) is 0 Å². The van der Waals surface area contributed by atoms with Gasteiger partial charge in [-0.15, -0.1) is 0 Å². The second-order valence-electron chi connectivity index (χ2n) is 4.88. The van der Waals surface area contributed by atoms with E-state index in [2.05, 4.69) is 36.9 Å². The van der Waals surface area contributed by atoms with E-state index in [0.717, 1.165) is 19.5 Å². The highest BCUT2D eigenvalue weighted by atomic mass is 16.3. The SMILES string of the molecule is Cc1ccc(CN2CCC[C@@H]2CO)c(C)c1. The minimum Gasteiger partial charge on any atom is -0.395 e. The number of rotatable bonds is 3. The van der Waals surface area contributed by atoms with Gasteiger partial charge < -0.3 is 5.11 Å². The first-order valence-electron chi connectivity index (χ1n) is 6.11. The molecule has 2 heteroatoms. The topological polar surface area (TPSA) is 23.5 Å². The Labute approximate surface area is 97.9 Å². The van der Waals surface area contributed by atoms with Gasteiger partial charge in [-0.3, -0.25) is 4.90 Å². The lowest BCUT2D eigenvalue weighted by Gasteiger charge is -2.23. The quantitative estimate of drug-likeness (QED) is 0.843. The summed E-state index contributed by atoms with van der Waals surface area (Å²) in [5.41, 5.74) is 4.08. The van der Waals surface area contributed by atoms with Crippen molar-refractivity contribution in [3.8, 4) is 0 Å². The van der Waals surface area contributed by atoms with E-state index in [1.165, 1.54) is 23.1 Å². The normalized spacial score (nSPS) is 21.6. The molecule has 1 aliphatic heterocycles. The zero-order valence-corrected chi connectivity index (χ0v) is 10.2. The molecule has 1 heterocycles. The van der Waals surface area contributed by atoms with Gasteiger partial charge in [-0.25, -0.2) is 0 Å². The first-order valence-corrected chi connectivity index (χ1v) is 6.11. The van der Waals surface area contributed by atoms with Crippen LogP contribution in [0.25, 0.3) is 0 Å². The fourth-order valence-electron chi connectivity index (χ4n) is 2.55. The average Bonchev–Trinajstić information content (AvgIpc) is 2.69. The van der Waals surface area contributed by atoms with E-state index >= 15 is 0 Å². The zero-order valence-electron chi connectivity index (χ0n) is 10.2. The summed E-state index contributed by atoms with van der Waals surface area (Å²) >= 11 is 0. The Kier molecular flexibility index (Phi) is 3.62. The van der Waals surface area contributed by atoms with Crippen LogP contribution in [0, 0.1) is 13.8 Å². The van der Waals surface area contributed by atoms with Gasteiger partial charge in [0.15, 0.2) is 0 Å². The predicted octanol–water partition coefficient (Wildman–Crippen LogP) is 2.26. The second-order valence-corrected chi connectivity index (χ2v) is 4.88. The molecule has 2 nitrogen and oxygen atoms in total. The Morgan fingerprint density at radius 2 is 2.19 bits per heavy atom. The predicted molar refractivity (Wildman–Crippen MR) is 66.4 cm³/mol. The van der Waals surface area contributed by atoms with Gasteiger partial charge in [0.05, 0.1) is 6.61 Å². The van der Waals surface area contributed by atoms with Crippen molar-refractivity contribution < 1.29 is 5.11 Å². The van der Waals surface area contributed by atoms with Crippen LogP contribution in [-0.2, 0) is 6.54 Å². The lowest BCUT2D eigenvalue weighted by atomic mass is 10.1. The minimum atomic E-state index is 0.297. The van der Waals surface area contributed by atoms with Crippen molar-refractivity contribution in [2.75, 3.05) is 13.2 Å². The first kappa shape index (κ1) is 11.6. The molecule has 0 unspecified atom stereocenters. The Morgan fingerprint density at radius 1 is 1.38 bits per heavy atom. The maximum atomic E-state index is 9.29. The van der Waals surface area contributed by atoms with Gasteiger partial charge in [0.1, 0.15) is 0 Å². The third-order valence-corrected chi connectivity index (χ3v) is 3.58. The molecule has 0 spiro atoms. The molecule has 2 rings (SSSR count). The molecule has 0 aromatic heterocycles. The summed E-state index contributed by atoms with van der Waals surface area (Å²) in [6.45, 7) is 6.70. The maximum Gasteiger partial charge on any atom is 0.0587 e. The van der Waals surface area contributed by atoms with Gasteiger partial charge >= 0.3 is 0 Å². The van der Waals surface area contributed by atoms with Crippen LogP contribution >= 0.6 is 0 Å². The van der Waals surface area contributed by atoms with Crippen LogP contribution in [0.3, 0.4) is 0 Å².